The van der Waals surface area contributed by atoms with Gasteiger partial charge in [0.25, 0.3) is 0 Å². The number of aliphatic imine (C=N–C) groups is 1. The van der Waals surface area contributed by atoms with E-state index in [-0.39, 0.29) is 18.2 Å². The molecule has 4 N–H and O–H groups in total. The molecule has 0 aliphatic carbocycles. The summed E-state index contributed by atoms with van der Waals surface area (Å²) in [5.74, 6) is 0.342. The first-order valence-corrected chi connectivity index (χ1v) is 16.4. The molecule has 0 amide bonds. The average molecular weight is 692 g/mol. The molecule has 0 fully saturated rings. The Kier molecular flexibility index (Phi) is 8.52. The zero-order valence-electron chi connectivity index (χ0n) is 21.5. The van der Waals surface area contributed by atoms with Crippen LogP contribution in [0.4, 0.5) is 10.1 Å². The quantitative estimate of drug-likeness (QED) is 0.160. The highest BCUT2D eigenvalue weighted by molar-refractivity contribution is 14.1. The van der Waals surface area contributed by atoms with E-state index in [1.807, 2.05) is 47.8 Å². The second kappa shape index (κ2) is 11.9. The Balaban J connectivity index is 1.43. The molecule has 3 aromatic carbocycles. The summed E-state index contributed by atoms with van der Waals surface area (Å²) in [6.45, 7) is 1.02. The lowest BCUT2D eigenvalue weighted by Crippen LogP contribution is -2.40. The molecule has 208 valence electrons. The number of nitrogens with zero attached hydrogens (tertiary/aromatic N) is 2. The number of para-hydroxylation sites is 1. The number of benzene rings is 3. The number of sulfone groups is 1. The zero-order chi connectivity index (χ0) is 28.3. The fraction of sp³-hybridized carbons (Fsp3) is 0.214. The van der Waals surface area contributed by atoms with E-state index in [2.05, 4.69) is 38.2 Å². The number of anilines is 1. The molecule has 0 saturated heterocycles. The highest BCUT2D eigenvalue weighted by atomic mass is 127. The number of ether oxygens (including phenoxy) is 1. The van der Waals surface area contributed by atoms with Crippen LogP contribution in [0.5, 0.6) is 5.75 Å². The molecule has 4 aromatic rings. The van der Waals surface area contributed by atoms with Crippen LogP contribution >= 0.6 is 33.9 Å². The summed E-state index contributed by atoms with van der Waals surface area (Å²) in [7, 11) is -3.02. The lowest BCUT2D eigenvalue weighted by Gasteiger charge is -2.33. The molecule has 1 atom stereocenters. The van der Waals surface area contributed by atoms with Crippen molar-refractivity contribution >= 4 is 55.8 Å². The second-order valence-electron chi connectivity index (χ2n) is 9.40. The van der Waals surface area contributed by atoms with E-state index in [1.165, 1.54) is 29.7 Å². The van der Waals surface area contributed by atoms with Crippen molar-refractivity contribution < 1.29 is 17.5 Å². The summed E-state index contributed by atoms with van der Waals surface area (Å²) in [6.07, 6.45) is 2.81. The van der Waals surface area contributed by atoms with Gasteiger partial charge in [0, 0.05) is 47.1 Å². The Morgan fingerprint density at radius 2 is 1.98 bits per heavy atom. The van der Waals surface area contributed by atoms with Crippen LogP contribution in [0.2, 0.25) is 0 Å². The summed E-state index contributed by atoms with van der Waals surface area (Å²) >= 11 is 3.70. The van der Waals surface area contributed by atoms with Crippen molar-refractivity contribution in [1.29, 1.82) is 0 Å². The minimum Gasteiger partial charge on any atom is -0.487 e. The van der Waals surface area contributed by atoms with E-state index in [0.29, 0.717) is 30.0 Å². The van der Waals surface area contributed by atoms with Gasteiger partial charge in [-0.1, -0.05) is 30.3 Å². The number of thiazole rings is 1. The standard InChI is InChI=1S/C28H27FIN5O3S2/c1-40(36,37)11-10-32-14-26-35-25(16-39-26)19-8-9-24-22(13-19)28(31,34-17-33-24)21-6-3-7-23(30)27(21)38-15-18-4-2-5-20(29)12-18/h2-9,12-13,16-17,32H,10-11,14-15,31H2,1H3,(H,33,34). The monoisotopic (exact) mass is 691 g/mol. The molecule has 0 saturated carbocycles. The molecule has 12 heteroatoms. The summed E-state index contributed by atoms with van der Waals surface area (Å²) in [6, 6.07) is 17.9. The molecule has 0 bridgehead atoms. The highest BCUT2D eigenvalue weighted by Crippen LogP contribution is 2.43. The van der Waals surface area contributed by atoms with Gasteiger partial charge < -0.3 is 15.4 Å². The smallest absolute Gasteiger partial charge is 0.167 e. The normalized spacial score (nSPS) is 16.4. The Morgan fingerprint density at radius 1 is 1.15 bits per heavy atom. The minimum absolute atomic E-state index is 0.0779. The molecule has 1 aromatic heterocycles. The predicted octanol–water partition coefficient (Wildman–Crippen LogP) is 4.88. The van der Waals surface area contributed by atoms with Crippen molar-refractivity contribution in [2.45, 2.75) is 18.8 Å². The molecular formula is C28H27FIN5O3S2. The first-order valence-electron chi connectivity index (χ1n) is 12.4. The Bertz CT molecular complexity index is 1680. The van der Waals surface area contributed by atoms with Gasteiger partial charge in [-0.2, -0.15) is 0 Å². The number of hydrogen-bond acceptors (Lipinski definition) is 9. The van der Waals surface area contributed by atoms with E-state index < -0.39 is 15.5 Å². The molecule has 5 rings (SSSR count). The number of hydrogen-bond donors (Lipinski definition) is 3. The van der Waals surface area contributed by atoms with Gasteiger partial charge in [-0.3, -0.25) is 5.73 Å². The fourth-order valence-corrected chi connectivity index (χ4v) is 6.29. The maximum Gasteiger partial charge on any atom is 0.167 e. The predicted molar refractivity (Wildman–Crippen MR) is 166 cm³/mol. The number of nitrogens with two attached hydrogens (primary N) is 1. The lowest BCUT2D eigenvalue weighted by atomic mass is 9.88. The number of aromatic nitrogens is 1. The molecular weight excluding hydrogens is 664 g/mol. The van der Waals surface area contributed by atoms with Gasteiger partial charge in [0.15, 0.2) is 5.66 Å². The van der Waals surface area contributed by atoms with Crippen molar-refractivity contribution in [3.05, 3.63) is 97.1 Å². The van der Waals surface area contributed by atoms with E-state index in [1.54, 1.807) is 12.4 Å². The maximum atomic E-state index is 13.7. The molecule has 2 heterocycles. The average Bonchev–Trinajstić information content (AvgIpc) is 3.39. The number of rotatable bonds is 10. The van der Waals surface area contributed by atoms with Crippen LogP contribution in [-0.2, 0) is 28.7 Å². The van der Waals surface area contributed by atoms with Crippen molar-refractivity contribution in [3.63, 3.8) is 0 Å². The third-order valence-electron chi connectivity index (χ3n) is 6.34. The summed E-state index contributed by atoms with van der Waals surface area (Å²) in [4.78, 5) is 9.41. The van der Waals surface area contributed by atoms with E-state index in [4.69, 9.17) is 15.5 Å². The fourth-order valence-electron chi connectivity index (χ4n) is 4.35. The van der Waals surface area contributed by atoms with Gasteiger partial charge in [0.2, 0.25) is 0 Å². The summed E-state index contributed by atoms with van der Waals surface area (Å²) < 4.78 is 43.5. The second-order valence-corrected chi connectivity index (χ2v) is 13.8. The van der Waals surface area contributed by atoms with Gasteiger partial charge >= 0.3 is 0 Å². The van der Waals surface area contributed by atoms with Gasteiger partial charge in [0.05, 0.1) is 21.4 Å². The van der Waals surface area contributed by atoms with Gasteiger partial charge in [-0.25, -0.2) is 22.8 Å². The first kappa shape index (κ1) is 28.6. The third-order valence-corrected chi connectivity index (χ3v) is 8.99. The molecule has 40 heavy (non-hydrogen) atoms. The topological polar surface area (TPSA) is 119 Å². The minimum atomic E-state index is -3.02. The molecule has 8 nitrogen and oxygen atoms in total. The first-order chi connectivity index (χ1) is 19.1. The Hall–Kier alpha value is -2.91. The van der Waals surface area contributed by atoms with Crippen molar-refractivity contribution in [2.24, 2.45) is 10.7 Å². The molecule has 1 unspecified atom stereocenters. The molecule has 0 spiro atoms. The van der Waals surface area contributed by atoms with Crippen molar-refractivity contribution in [1.82, 2.24) is 10.3 Å². The van der Waals surface area contributed by atoms with Crippen LogP contribution in [0.3, 0.4) is 0 Å². The Morgan fingerprint density at radius 3 is 2.77 bits per heavy atom. The zero-order valence-corrected chi connectivity index (χ0v) is 25.3. The van der Waals surface area contributed by atoms with Gasteiger partial charge in [-0.05, 0) is 58.5 Å². The lowest BCUT2D eigenvalue weighted by molar-refractivity contribution is 0.294. The van der Waals surface area contributed by atoms with Crippen LogP contribution in [-0.4, -0.2) is 38.3 Å². The van der Waals surface area contributed by atoms with E-state index in [9.17, 15) is 12.8 Å². The Labute approximate surface area is 250 Å². The highest BCUT2D eigenvalue weighted by Gasteiger charge is 2.37. The van der Waals surface area contributed by atoms with Gasteiger partial charge in [0.1, 0.15) is 33.0 Å². The van der Waals surface area contributed by atoms with Crippen LogP contribution in [0, 0.1) is 9.39 Å². The number of nitrogens with one attached hydrogen (secondary N) is 2. The molecule has 1 aliphatic heterocycles. The SMILES string of the molecule is CS(=O)(=O)CCNCc1nc(-c2ccc3c(c2)C(N)(c2cccc(I)c2OCc2cccc(F)c2)N=CN3)cs1. The largest absolute Gasteiger partial charge is 0.487 e. The summed E-state index contributed by atoms with van der Waals surface area (Å²) in [5, 5.41) is 9.13. The van der Waals surface area contributed by atoms with Crippen LogP contribution < -0.4 is 21.1 Å². The van der Waals surface area contributed by atoms with Crippen molar-refractivity contribution in [3.8, 4) is 17.0 Å². The van der Waals surface area contributed by atoms with Crippen LogP contribution in [0.15, 0.2) is 71.0 Å². The maximum absolute atomic E-state index is 13.7. The van der Waals surface area contributed by atoms with E-state index >= 15 is 0 Å². The van der Waals surface area contributed by atoms with Gasteiger partial charge in [-0.15, -0.1) is 11.3 Å². The molecule has 0 radical (unpaired) electrons. The van der Waals surface area contributed by atoms with E-state index in [0.717, 1.165) is 31.1 Å². The van der Waals surface area contributed by atoms with Crippen LogP contribution in [0.1, 0.15) is 21.7 Å². The summed E-state index contributed by atoms with van der Waals surface area (Å²) in [5.41, 5.74) is 10.4. The number of fused-ring (bicyclic) bond motifs is 1. The van der Waals surface area contributed by atoms with Crippen molar-refractivity contribution in [2.75, 3.05) is 23.9 Å². The molecule has 1 aliphatic rings. The third kappa shape index (κ3) is 6.52. The van der Waals surface area contributed by atoms with Crippen LogP contribution in [0.25, 0.3) is 11.3 Å². The number of halogens is 2.